The summed E-state index contributed by atoms with van der Waals surface area (Å²) < 4.78 is 11.7. The number of hydrogen-bond donors (Lipinski definition) is 1. The van der Waals surface area contributed by atoms with E-state index >= 15 is 0 Å². The van der Waals surface area contributed by atoms with Crippen LogP contribution in [0.2, 0.25) is 0 Å². The molecule has 0 aliphatic carbocycles. The third-order valence-corrected chi connectivity index (χ3v) is 8.02. The van der Waals surface area contributed by atoms with Crippen LogP contribution < -0.4 is 9.47 Å². The monoisotopic (exact) mass is 549 g/mol. The van der Waals surface area contributed by atoms with Crippen molar-refractivity contribution in [2.24, 2.45) is 0 Å². The molecule has 8 nitrogen and oxygen atoms in total. The Morgan fingerprint density at radius 3 is 2.44 bits per heavy atom. The van der Waals surface area contributed by atoms with Gasteiger partial charge in [0.2, 0.25) is 5.78 Å². The fourth-order valence-electron chi connectivity index (χ4n) is 4.82. The van der Waals surface area contributed by atoms with Crippen molar-refractivity contribution in [2.75, 3.05) is 33.3 Å². The molecule has 206 valence electrons. The molecule has 39 heavy (non-hydrogen) atoms. The molecule has 1 aliphatic rings. The van der Waals surface area contributed by atoms with E-state index in [9.17, 15) is 14.7 Å². The van der Waals surface area contributed by atoms with Gasteiger partial charge in [-0.3, -0.25) is 9.59 Å². The van der Waals surface area contributed by atoms with Crippen molar-refractivity contribution in [1.29, 1.82) is 0 Å². The number of aryl methyl sites for hydroxylation is 2. The van der Waals surface area contributed by atoms with Gasteiger partial charge in [-0.1, -0.05) is 50.2 Å². The lowest BCUT2D eigenvalue weighted by molar-refractivity contribution is -0.129. The fourth-order valence-corrected chi connectivity index (χ4v) is 5.70. The summed E-state index contributed by atoms with van der Waals surface area (Å²) in [6, 6.07) is 14.4. The molecular formula is C30H35N3O5S. The van der Waals surface area contributed by atoms with Crippen molar-refractivity contribution < 1.29 is 24.2 Å². The van der Waals surface area contributed by atoms with Crippen LogP contribution in [0.15, 0.2) is 59.9 Å². The Morgan fingerprint density at radius 1 is 1.10 bits per heavy atom. The molecule has 1 aromatic heterocycles. The standard InChI is InChI=1S/C30H35N3O5S/c1-6-32(7-2)15-16-33-26(25(28(35)30(33)36)27(34)29-19(3)31-20(4)39-29)22-13-14-23(24(17-22)37-5)38-18-21-11-9-8-10-12-21/h8-14,17,26,35H,6-7,15-16,18H2,1-5H3. The summed E-state index contributed by atoms with van der Waals surface area (Å²) in [5.74, 6) is -0.444. The van der Waals surface area contributed by atoms with Gasteiger partial charge in [-0.2, -0.15) is 0 Å². The van der Waals surface area contributed by atoms with Crippen LogP contribution in [0.25, 0.3) is 0 Å². The topological polar surface area (TPSA) is 92.2 Å². The minimum atomic E-state index is -0.778. The number of ether oxygens (including phenoxy) is 2. The Morgan fingerprint density at radius 2 is 1.82 bits per heavy atom. The predicted molar refractivity (Wildman–Crippen MR) is 152 cm³/mol. The van der Waals surface area contributed by atoms with E-state index in [1.165, 1.54) is 11.3 Å². The maximum Gasteiger partial charge on any atom is 0.290 e. The van der Waals surface area contributed by atoms with Crippen molar-refractivity contribution in [2.45, 2.75) is 40.3 Å². The Balaban J connectivity index is 1.72. The lowest BCUT2D eigenvalue weighted by Crippen LogP contribution is -2.38. The summed E-state index contributed by atoms with van der Waals surface area (Å²) in [6.07, 6.45) is 0. The van der Waals surface area contributed by atoms with E-state index in [4.69, 9.17) is 9.47 Å². The Kier molecular flexibility index (Phi) is 9.04. The summed E-state index contributed by atoms with van der Waals surface area (Å²) in [6.45, 7) is 10.7. The Labute approximate surface area is 233 Å². The number of Topliss-reactive ketones (excluding diaryl/α,β-unsaturated/α-hetero) is 1. The number of aromatic nitrogens is 1. The molecule has 1 N–H and O–H groups in total. The van der Waals surface area contributed by atoms with Gasteiger partial charge in [0.1, 0.15) is 6.61 Å². The lowest BCUT2D eigenvalue weighted by Gasteiger charge is -2.29. The molecule has 0 bridgehead atoms. The van der Waals surface area contributed by atoms with Crippen LogP contribution in [0.3, 0.4) is 0 Å². The first-order valence-corrected chi connectivity index (χ1v) is 13.9. The zero-order chi connectivity index (χ0) is 28.1. The van der Waals surface area contributed by atoms with E-state index in [2.05, 4.69) is 23.7 Å². The SMILES string of the molecule is CCN(CC)CCN1C(=O)C(O)=C(C(=O)c2sc(C)nc2C)C1c1ccc(OCc2ccccc2)c(OC)c1. The number of carbonyl (C=O) groups excluding carboxylic acids is 2. The van der Waals surface area contributed by atoms with Crippen molar-refractivity contribution in [3.05, 3.63) is 86.6 Å². The smallest absolute Gasteiger partial charge is 0.290 e. The highest BCUT2D eigenvalue weighted by Crippen LogP contribution is 2.42. The minimum Gasteiger partial charge on any atom is -0.503 e. The molecule has 9 heteroatoms. The van der Waals surface area contributed by atoms with E-state index in [1.54, 1.807) is 31.1 Å². The zero-order valence-electron chi connectivity index (χ0n) is 23.1. The van der Waals surface area contributed by atoms with Crippen LogP contribution in [-0.4, -0.2) is 64.9 Å². The van der Waals surface area contributed by atoms with Gasteiger partial charge in [0.05, 0.1) is 34.3 Å². The number of aliphatic hydroxyl groups is 1. The van der Waals surface area contributed by atoms with Crippen molar-refractivity contribution in [3.63, 3.8) is 0 Å². The van der Waals surface area contributed by atoms with Gasteiger partial charge < -0.3 is 24.4 Å². The molecule has 0 saturated heterocycles. The molecule has 0 saturated carbocycles. The van der Waals surface area contributed by atoms with Gasteiger partial charge in [-0.05, 0) is 50.2 Å². The predicted octanol–water partition coefficient (Wildman–Crippen LogP) is 5.27. The zero-order valence-corrected chi connectivity index (χ0v) is 23.9. The maximum absolute atomic E-state index is 13.8. The van der Waals surface area contributed by atoms with Gasteiger partial charge in [0.25, 0.3) is 5.91 Å². The van der Waals surface area contributed by atoms with Crippen LogP contribution in [0.1, 0.15) is 51.4 Å². The van der Waals surface area contributed by atoms with E-state index < -0.39 is 17.7 Å². The highest BCUT2D eigenvalue weighted by molar-refractivity contribution is 7.14. The van der Waals surface area contributed by atoms with Crippen LogP contribution in [0.5, 0.6) is 11.5 Å². The van der Waals surface area contributed by atoms with Crippen molar-refractivity contribution in [3.8, 4) is 11.5 Å². The summed E-state index contributed by atoms with van der Waals surface area (Å²) >= 11 is 1.26. The molecule has 3 aromatic rings. The summed E-state index contributed by atoms with van der Waals surface area (Å²) in [4.78, 5) is 35.8. The number of ketones is 1. The average Bonchev–Trinajstić information content (AvgIpc) is 3.42. The molecule has 1 unspecified atom stereocenters. The number of benzene rings is 2. The second-order valence-electron chi connectivity index (χ2n) is 9.35. The van der Waals surface area contributed by atoms with Crippen LogP contribution >= 0.6 is 11.3 Å². The Bertz CT molecular complexity index is 1360. The van der Waals surface area contributed by atoms with Crippen molar-refractivity contribution in [1.82, 2.24) is 14.8 Å². The molecule has 0 fully saturated rings. The molecule has 0 spiro atoms. The molecular weight excluding hydrogens is 514 g/mol. The Hall–Kier alpha value is -3.69. The number of rotatable bonds is 12. The average molecular weight is 550 g/mol. The van der Waals surface area contributed by atoms with Gasteiger partial charge >= 0.3 is 0 Å². The number of methoxy groups -OCH3 is 1. The van der Waals surface area contributed by atoms with Gasteiger partial charge in [0, 0.05) is 13.1 Å². The molecule has 1 atom stereocenters. The first-order chi connectivity index (χ1) is 18.8. The summed E-state index contributed by atoms with van der Waals surface area (Å²) in [7, 11) is 1.55. The molecule has 2 heterocycles. The molecule has 1 aliphatic heterocycles. The maximum atomic E-state index is 13.8. The van der Waals surface area contributed by atoms with Gasteiger partial charge in [0.15, 0.2) is 17.3 Å². The molecule has 2 aromatic carbocycles. The normalized spacial score (nSPS) is 15.4. The second kappa shape index (κ2) is 12.4. The van der Waals surface area contributed by atoms with Crippen molar-refractivity contribution >= 4 is 23.0 Å². The fraction of sp³-hybridized carbons (Fsp3) is 0.367. The quantitative estimate of drug-likeness (QED) is 0.308. The van der Waals surface area contributed by atoms with Crippen LogP contribution in [0.4, 0.5) is 0 Å². The molecule has 1 amide bonds. The number of nitrogens with zero attached hydrogens (tertiary/aromatic N) is 3. The minimum absolute atomic E-state index is 0.0614. The largest absolute Gasteiger partial charge is 0.503 e. The summed E-state index contributed by atoms with van der Waals surface area (Å²) in [5.41, 5.74) is 2.31. The third kappa shape index (κ3) is 5.99. The summed E-state index contributed by atoms with van der Waals surface area (Å²) in [5, 5.41) is 11.8. The van der Waals surface area contributed by atoms with E-state index in [1.807, 2.05) is 43.3 Å². The highest BCUT2D eigenvalue weighted by Gasteiger charge is 2.44. The highest BCUT2D eigenvalue weighted by atomic mass is 32.1. The molecule has 4 rings (SSSR count). The second-order valence-corrected chi connectivity index (χ2v) is 10.6. The number of carbonyl (C=O) groups is 2. The lowest BCUT2D eigenvalue weighted by atomic mass is 9.94. The van der Waals surface area contributed by atoms with E-state index in [-0.39, 0.29) is 11.4 Å². The number of likely N-dealkylation sites (N-methyl/N-ethyl adjacent to an activating group) is 1. The van der Waals surface area contributed by atoms with Crippen LogP contribution in [0, 0.1) is 13.8 Å². The van der Waals surface area contributed by atoms with Gasteiger partial charge in [-0.25, -0.2) is 4.98 Å². The number of hydrogen-bond acceptors (Lipinski definition) is 8. The first kappa shape index (κ1) is 28.3. The number of aliphatic hydroxyl groups excluding tert-OH is 1. The van der Waals surface area contributed by atoms with Crippen LogP contribution in [-0.2, 0) is 11.4 Å². The first-order valence-electron chi connectivity index (χ1n) is 13.1. The van der Waals surface area contributed by atoms with E-state index in [0.717, 1.165) is 23.7 Å². The molecule has 0 radical (unpaired) electrons. The number of thiazole rings is 1. The number of amides is 1. The van der Waals surface area contributed by atoms with E-state index in [0.29, 0.717) is 47.3 Å². The third-order valence-electron chi connectivity index (χ3n) is 6.95. The van der Waals surface area contributed by atoms with Gasteiger partial charge in [-0.15, -0.1) is 11.3 Å².